The molecule has 0 heterocycles. The van der Waals surface area contributed by atoms with Crippen LogP contribution in [0.5, 0.6) is 0 Å². The highest BCUT2D eigenvalue weighted by Gasteiger charge is 2.29. The van der Waals surface area contributed by atoms with Gasteiger partial charge < -0.3 is 15.7 Å². The Hall–Kier alpha value is -1.46. The van der Waals surface area contributed by atoms with E-state index in [0.717, 1.165) is 0 Å². The molecule has 0 unspecified atom stereocenters. The summed E-state index contributed by atoms with van der Waals surface area (Å²) in [4.78, 5) is 22.4. The number of carboxylic acid groups (broad SMARTS) is 1. The molecule has 2 amide bonds. The Bertz CT molecular complexity index is 489. The maximum atomic E-state index is 11.6. The van der Waals surface area contributed by atoms with Gasteiger partial charge in [0.15, 0.2) is 0 Å². The van der Waals surface area contributed by atoms with Crippen molar-refractivity contribution in [3.63, 3.8) is 0 Å². The van der Waals surface area contributed by atoms with Crippen molar-refractivity contribution in [2.75, 3.05) is 5.32 Å². The second-order valence-corrected chi connectivity index (χ2v) is 4.90. The molecule has 0 saturated heterocycles. The van der Waals surface area contributed by atoms with Crippen LogP contribution in [-0.4, -0.2) is 22.6 Å². The summed E-state index contributed by atoms with van der Waals surface area (Å²) >= 11 is 11.7. The molecule has 0 atom stereocenters. The van der Waals surface area contributed by atoms with Gasteiger partial charge in [0.05, 0.1) is 15.7 Å². The molecule has 1 rings (SSSR count). The summed E-state index contributed by atoms with van der Waals surface area (Å²) in [5.41, 5.74) is -1.07. The lowest BCUT2D eigenvalue weighted by molar-refractivity contribution is -0.142. The standard InChI is InChI=1S/C11H12Cl2N2O3/c1-11(2,9(16)17)15-10(18)14-7-5-3-4-6(12)8(7)13/h3-5H,1-2H3,(H,16,17)(H2,14,15,18). The average Bonchev–Trinajstić information content (AvgIpc) is 2.23. The van der Waals surface area contributed by atoms with E-state index in [1.54, 1.807) is 18.2 Å². The number of benzene rings is 1. The van der Waals surface area contributed by atoms with Crippen LogP contribution in [0.15, 0.2) is 18.2 Å². The van der Waals surface area contributed by atoms with Gasteiger partial charge in [-0.3, -0.25) is 0 Å². The van der Waals surface area contributed by atoms with Gasteiger partial charge in [0.2, 0.25) is 0 Å². The quantitative estimate of drug-likeness (QED) is 0.801. The zero-order chi connectivity index (χ0) is 13.9. The first-order chi connectivity index (χ1) is 8.24. The van der Waals surface area contributed by atoms with E-state index < -0.39 is 17.5 Å². The number of urea groups is 1. The highest BCUT2D eigenvalue weighted by atomic mass is 35.5. The number of carbonyl (C=O) groups excluding carboxylic acids is 1. The van der Waals surface area contributed by atoms with Gasteiger partial charge in [-0.15, -0.1) is 0 Å². The van der Waals surface area contributed by atoms with Crippen LogP contribution in [0, 0.1) is 0 Å². The van der Waals surface area contributed by atoms with Gasteiger partial charge in [-0.1, -0.05) is 29.3 Å². The Balaban J connectivity index is 2.77. The van der Waals surface area contributed by atoms with Gasteiger partial charge in [0.1, 0.15) is 5.54 Å². The summed E-state index contributed by atoms with van der Waals surface area (Å²) in [5, 5.41) is 14.1. The molecule has 0 saturated carbocycles. The van der Waals surface area contributed by atoms with Crippen LogP contribution in [-0.2, 0) is 4.79 Å². The number of hydrogen-bond donors (Lipinski definition) is 3. The third-order valence-electron chi connectivity index (χ3n) is 2.16. The molecule has 0 spiro atoms. The van der Waals surface area contributed by atoms with E-state index in [9.17, 15) is 9.59 Å². The van der Waals surface area contributed by atoms with Crippen LogP contribution in [0.4, 0.5) is 10.5 Å². The Kier molecular flexibility index (Phi) is 4.43. The van der Waals surface area contributed by atoms with Crippen LogP contribution < -0.4 is 10.6 Å². The SMILES string of the molecule is CC(C)(NC(=O)Nc1cccc(Cl)c1Cl)C(=O)O. The van der Waals surface area contributed by atoms with E-state index in [0.29, 0.717) is 10.7 Å². The van der Waals surface area contributed by atoms with Crippen LogP contribution in [0.1, 0.15) is 13.8 Å². The molecule has 0 bridgehead atoms. The molecule has 0 aliphatic rings. The number of carbonyl (C=O) groups is 2. The van der Waals surface area contributed by atoms with Gasteiger partial charge in [0.25, 0.3) is 0 Å². The first-order valence-corrected chi connectivity index (χ1v) is 5.76. The van der Waals surface area contributed by atoms with Crippen molar-refractivity contribution in [1.82, 2.24) is 5.32 Å². The smallest absolute Gasteiger partial charge is 0.328 e. The minimum Gasteiger partial charge on any atom is -0.480 e. The van der Waals surface area contributed by atoms with Crippen LogP contribution >= 0.6 is 23.2 Å². The molecule has 0 aliphatic heterocycles. The summed E-state index contributed by atoms with van der Waals surface area (Å²) in [5.74, 6) is -1.14. The van der Waals surface area contributed by atoms with E-state index in [1.807, 2.05) is 0 Å². The number of hydrogen-bond acceptors (Lipinski definition) is 2. The zero-order valence-corrected chi connectivity index (χ0v) is 11.3. The maximum Gasteiger partial charge on any atom is 0.328 e. The summed E-state index contributed by atoms with van der Waals surface area (Å²) in [6.07, 6.45) is 0. The summed E-state index contributed by atoms with van der Waals surface area (Å²) < 4.78 is 0. The van der Waals surface area contributed by atoms with Crippen LogP contribution in [0.3, 0.4) is 0 Å². The molecule has 7 heteroatoms. The number of amides is 2. The average molecular weight is 291 g/mol. The monoisotopic (exact) mass is 290 g/mol. The molecule has 3 N–H and O–H groups in total. The number of rotatable bonds is 3. The van der Waals surface area contributed by atoms with Gasteiger partial charge in [-0.25, -0.2) is 9.59 Å². The van der Waals surface area contributed by atoms with Crippen molar-refractivity contribution in [2.24, 2.45) is 0 Å². The van der Waals surface area contributed by atoms with Crippen LogP contribution in [0.25, 0.3) is 0 Å². The highest BCUT2D eigenvalue weighted by Crippen LogP contribution is 2.29. The fraction of sp³-hybridized carbons (Fsp3) is 0.273. The van der Waals surface area contributed by atoms with Crippen molar-refractivity contribution < 1.29 is 14.7 Å². The molecule has 98 valence electrons. The summed E-state index contributed by atoms with van der Waals surface area (Å²) in [6, 6.07) is 4.08. The molecule has 0 aromatic heterocycles. The first kappa shape index (κ1) is 14.6. The van der Waals surface area contributed by atoms with Crippen molar-refractivity contribution >= 4 is 40.9 Å². The second kappa shape index (κ2) is 5.46. The third-order valence-corrected chi connectivity index (χ3v) is 2.98. The van der Waals surface area contributed by atoms with Crippen molar-refractivity contribution in [3.8, 4) is 0 Å². The molecule has 1 aromatic carbocycles. The van der Waals surface area contributed by atoms with E-state index in [1.165, 1.54) is 13.8 Å². The fourth-order valence-corrected chi connectivity index (χ4v) is 1.44. The Morgan fingerprint density at radius 2 is 1.89 bits per heavy atom. The van der Waals surface area contributed by atoms with E-state index in [2.05, 4.69) is 10.6 Å². The number of anilines is 1. The Morgan fingerprint density at radius 1 is 1.28 bits per heavy atom. The molecular weight excluding hydrogens is 279 g/mol. The molecule has 0 fully saturated rings. The minimum atomic E-state index is -1.38. The normalized spacial score (nSPS) is 10.9. The number of nitrogens with one attached hydrogen (secondary N) is 2. The topological polar surface area (TPSA) is 78.4 Å². The molecule has 18 heavy (non-hydrogen) atoms. The van der Waals surface area contributed by atoms with Crippen LogP contribution in [0.2, 0.25) is 10.0 Å². The lowest BCUT2D eigenvalue weighted by Gasteiger charge is -2.21. The Morgan fingerprint density at radius 3 is 2.44 bits per heavy atom. The fourth-order valence-electron chi connectivity index (χ4n) is 1.09. The van der Waals surface area contributed by atoms with Gasteiger partial charge >= 0.3 is 12.0 Å². The molecule has 1 aromatic rings. The van der Waals surface area contributed by atoms with Gasteiger partial charge in [-0.2, -0.15) is 0 Å². The van der Waals surface area contributed by atoms with E-state index in [-0.39, 0.29) is 5.02 Å². The van der Waals surface area contributed by atoms with Gasteiger partial charge in [0, 0.05) is 0 Å². The van der Waals surface area contributed by atoms with E-state index in [4.69, 9.17) is 28.3 Å². The number of carboxylic acids is 1. The van der Waals surface area contributed by atoms with Crippen molar-refractivity contribution in [1.29, 1.82) is 0 Å². The summed E-state index contributed by atoms with van der Waals surface area (Å²) in [7, 11) is 0. The largest absolute Gasteiger partial charge is 0.480 e. The van der Waals surface area contributed by atoms with E-state index >= 15 is 0 Å². The number of aliphatic carboxylic acids is 1. The zero-order valence-electron chi connectivity index (χ0n) is 9.75. The first-order valence-electron chi connectivity index (χ1n) is 5.00. The Labute approximate surface area is 114 Å². The molecule has 0 aliphatic carbocycles. The lowest BCUT2D eigenvalue weighted by Crippen LogP contribution is -2.51. The molecular formula is C11H12Cl2N2O3. The van der Waals surface area contributed by atoms with Gasteiger partial charge in [-0.05, 0) is 26.0 Å². The minimum absolute atomic E-state index is 0.197. The third kappa shape index (κ3) is 3.51. The molecule has 5 nitrogen and oxygen atoms in total. The van der Waals surface area contributed by atoms with Crippen molar-refractivity contribution in [3.05, 3.63) is 28.2 Å². The second-order valence-electron chi connectivity index (χ2n) is 4.11. The number of halogens is 2. The lowest BCUT2D eigenvalue weighted by atomic mass is 10.1. The molecule has 0 radical (unpaired) electrons. The van der Waals surface area contributed by atoms with Crippen molar-refractivity contribution in [2.45, 2.75) is 19.4 Å². The predicted octanol–water partition coefficient (Wildman–Crippen LogP) is 2.98. The summed E-state index contributed by atoms with van der Waals surface area (Å²) in [6.45, 7) is 2.74. The maximum absolute atomic E-state index is 11.6. The highest BCUT2D eigenvalue weighted by molar-refractivity contribution is 6.43. The predicted molar refractivity (Wildman–Crippen MR) is 70.3 cm³/mol.